The van der Waals surface area contributed by atoms with E-state index in [1.165, 1.54) is 5.56 Å². The Labute approximate surface area is 117 Å². The van der Waals surface area contributed by atoms with E-state index in [-0.39, 0.29) is 17.5 Å². The summed E-state index contributed by atoms with van der Waals surface area (Å²) in [5.41, 5.74) is 0.906. The molecule has 1 unspecified atom stereocenters. The maximum absolute atomic E-state index is 12.3. The lowest BCUT2D eigenvalue weighted by atomic mass is 9.80. The maximum atomic E-state index is 12.3. The van der Waals surface area contributed by atoms with Crippen LogP contribution >= 0.6 is 0 Å². The number of benzene rings is 1. The van der Waals surface area contributed by atoms with E-state index in [1.807, 2.05) is 25.1 Å². The summed E-state index contributed by atoms with van der Waals surface area (Å²) in [6.07, 6.45) is 3.24. The maximum Gasteiger partial charge on any atom is 0.312 e. The number of ether oxygens (including phenoxy) is 1. The molecule has 0 radical (unpaired) electrons. The van der Waals surface area contributed by atoms with Gasteiger partial charge in [0.05, 0.1) is 5.41 Å². The van der Waals surface area contributed by atoms with Crippen LogP contribution in [0.4, 0.5) is 0 Å². The first kappa shape index (κ1) is 15.7. The third kappa shape index (κ3) is 4.09. The van der Waals surface area contributed by atoms with Crippen molar-refractivity contribution in [3.63, 3.8) is 0 Å². The van der Waals surface area contributed by atoms with E-state index in [0.29, 0.717) is 0 Å². The normalized spacial score (nSPS) is 13.1. The minimum absolute atomic E-state index is 0.0385. The molecule has 0 amide bonds. The lowest BCUT2D eigenvalue weighted by Crippen LogP contribution is -2.34. The summed E-state index contributed by atoms with van der Waals surface area (Å²) in [5, 5.41) is 0. The van der Waals surface area contributed by atoms with Gasteiger partial charge in [0.1, 0.15) is 6.10 Å². The van der Waals surface area contributed by atoms with Crippen molar-refractivity contribution in [1.82, 2.24) is 0 Å². The van der Waals surface area contributed by atoms with Gasteiger partial charge in [-0.05, 0) is 31.7 Å². The van der Waals surface area contributed by atoms with Gasteiger partial charge in [0, 0.05) is 6.42 Å². The van der Waals surface area contributed by atoms with E-state index in [2.05, 4.69) is 32.9 Å². The Morgan fingerprint density at radius 1 is 1.11 bits per heavy atom. The van der Waals surface area contributed by atoms with Crippen molar-refractivity contribution in [2.75, 3.05) is 0 Å². The first-order valence-corrected chi connectivity index (χ1v) is 7.33. The largest absolute Gasteiger partial charge is 0.462 e. The van der Waals surface area contributed by atoms with Gasteiger partial charge in [-0.2, -0.15) is 0 Å². The molecule has 1 atom stereocenters. The molecule has 0 saturated heterocycles. The van der Waals surface area contributed by atoms with Crippen LogP contribution in [-0.2, 0) is 16.0 Å². The molecular weight excluding hydrogens is 236 g/mol. The fraction of sp³-hybridized carbons (Fsp3) is 0.588. The molecule has 0 aliphatic rings. The van der Waals surface area contributed by atoms with Crippen molar-refractivity contribution < 1.29 is 9.53 Å². The number of esters is 1. The van der Waals surface area contributed by atoms with Crippen LogP contribution in [0.2, 0.25) is 0 Å². The van der Waals surface area contributed by atoms with Crippen molar-refractivity contribution in [3.8, 4) is 0 Å². The Morgan fingerprint density at radius 2 is 1.63 bits per heavy atom. The molecule has 0 bridgehead atoms. The highest BCUT2D eigenvalue weighted by atomic mass is 16.5. The van der Waals surface area contributed by atoms with E-state index in [0.717, 1.165) is 25.7 Å². The SMILES string of the molecule is CCC(CC)(CC)C(=O)OC(C)Cc1ccccc1. The summed E-state index contributed by atoms with van der Waals surface area (Å²) in [6.45, 7) is 8.17. The van der Waals surface area contributed by atoms with Crippen molar-refractivity contribution >= 4 is 5.97 Å². The molecule has 1 rings (SSSR count). The zero-order valence-electron chi connectivity index (χ0n) is 12.6. The van der Waals surface area contributed by atoms with Gasteiger partial charge < -0.3 is 4.74 Å². The van der Waals surface area contributed by atoms with Crippen LogP contribution in [0.25, 0.3) is 0 Å². The summed E-state index contributed by atoms with van der Waals surface area (Å²) in [5.74, 6) is -0.0385. The molecule has 0 aromatic heterocycles. The predicted molar refractivity (Wildman–Crippen MR) is 79.0 cm³/mol. The number of rotatable bonds is 7. The van der Waals surface area contributed by atoms with E-state index >= 15 is 0 Å². The molecule has 106 valence electrons. The topological polar surface area (TPSA) is 26.3 Å². The number of carbonyl (C=O) groups excluding carboxylic acids is 1. The average molecular weight is 262 g/mol. The predicted octanol–water partition coefficient (Wildman–Crippen LogP) is 4.38. The van der Waals surface area contributed by atoms with E-state index in [4.69, 9.17) is 4.74 Å². The van der Waals surface area contributed by atoms with Gasteiger partial charge >= 0.3 is 5.97 Å². The van der Waals surface area contributed by atoms with Crippen molar-refractivity contribution in [2.45, 2.75) is 59.5 Å². The van der Waals surface area contributed by atoms with Gasteiger partial charge in [0.2, 0.25) is 0 Å². The molecule has 0 aliphatic carbocycles. The lowest BCUT2D eigenvalue weighted by molar-refractivity contribution is -0.161. The van der Waals surface area contributed by atoms with Crippen LogP contribution in [0.5, 0.6) is 0 Å². The molecule has 0 saturated carbocycles. The quantitative estimate of drug-likeness (QED) is 0.682. The molecule has 2 heteroatoms. The lowest BCUT2D eigenvalue weighted by Gasteiger charge is -2.29. The molecular formula is C17H26O2. The second kappa shape index (κ2) is 7.32. The molecule has 0 fully saturated rings. The molecule has 0 heterocycles. The van der Waals surface area contributed by atoms with Gasteiger partial charge in [-0.1, -0.05) is 51.1 Å². The van der Waals surface area contributed by atoms with Crippen LogP contribution in [-0.4, -0.2) is 12.1 Å². The van der Waals surface area contributed by atoms with Crippen LogP contribution in [0.3, 0.4) is 0 Å². The van der Waals surface area contributed by atoms with E-state index < -0.39 is 0 Å². The van der Waals surface area contributed by atoms with Crippen molar-refractivity contribution in [3.05, 3.63) is 35.9 Å². The minimum atomic E-state index is -0.301. The summed E-state index contributed by atoms with van der Waals surface area (Å²) >= 11 is 0. The Kier molecular flexibility index (Phi) is 6.07. The highest BCUT2D eigenvalue weighted by Crippen LogP contribution is 2.32. The second-order valence-electron chi connectivity index (χ2n) is 5.25. The molecule has 1 aromatic carbocycles. The summed E-state index contributed by atoms with van der Waals surface area (Å²) in [6, 6.07) is 10.2. The summed E-state index contributed by atoms with van der Waals surface area (Å²) < 4.78 is 5.65. The molecule has 1 aromatic rings. The average Bonchev–Trinajstić information content (AvgIpc) is 2.42. The van der Waals surface area contributed by atoms with E-state index in [9.17, 15) is 4.79 Å². The minimum Gasteiger partial charge on any atom is -0.462 e. The molecule has 0 spiro atoms. The second-order valence-corrected chi connectivity index (χ2v) is 5.25. The van der Waals surface area contributed by atoms with Crippen LogP contribution in [0.15, 0.2) is 30.3 Å². The zero-order chi connectivity index (χ0) is 14.3. The van der Waals surface area contributed by atoms with Crippen molar-refractivity contribution in [2.24, 2.45) is 5.41 Å². The van der Waals surface area contributed by atoms with Gasteiger partial charge in [0.25, 0.3) is 0 Å². The Morgan fingerprint density at radius 3 is 2.11 bits per heavy atom. The third-order valence-electron chi connectivity index (χ3n) is 4.14. The van der Waals surface area contributed by atoms with Gasteiger partial charge in [-0.15, -0.1) is 0 Å². The fourth-order valence-electron chi connectivity index (χ4n) is 2.48. The van der Waals surface area contributed by atoms with Crippen molar-refractivity contribution in [1.29, 1.82) is 0 Å². The zero-order valence-corrected chi connectivity index (χ0v) is 12.6. The first-order valence-electron chi connectivity index (χ1n) is 7.33. The highest BCUT2D eigenvalue weighted by molar-refractivity contribution is 5.76. The number of carbonyl (C=O) groups is 1. The van der Waals surface area contributed by atoms with Crippen LogP contribution in [0.1, 0.15) is 52.5 Å². The smallest absolute Gasteiger partial charge is 0.312 e. The summed E-state index contributed by atoms with van der Waals surface area (Å²) in [4.78, 5) is 12.3. The Balaban J connectivity index is 2.61. The van der Waals surface area contributed by atoms with Crippen LogP contribution in [0, 0.1) is 5.41 Å². The van der Waals surface area contributed by atoms with Gasteiger partial charge in [-0.3, -0.25) is 4.79 Å². The standard InChI is InChI=1S/C17H26O2/c1-5-17(6-2,7-3)16(18)19-14(4)13-15-11-9-8-10-12-15/h8-12,14H,5-7,13H2,1-4H3. The van der Waals surface area contributed by atoms with Crippen LogP contribution < -0.4 is 0 Å². The molecule has 2 nitrogen and oxygen atoms in total. The van der Waals surface area contributed by atoms with E-state index in [1.54, 1.807) is 0 Å². The number of hydrogen-bond acceptors (Lipinski definition) is 2. The Hall–Kier alpha value is -1.31. The Bertz CT molecular complexity index is 371. The highest BCUT2D eigenvalue weighted by Gasteiger charge is 2.35. The molecule has 0 N–H and O–H groups in total. The fourth-order valence-corrected chi connectivity index (χ4v) is 2.48. The summed E-state index contributed by atoms with van der Waals surface area (Å²) in [7, 11) is 0. The third-order valence-corrected chi connectivity index (χ3v) is 4.14. The first-order chi connectivity index (χ1) is 9.07. The van der Waals surface area contributed by atoms with Gasteiger partial charge in [-0.25, -0.2) is 0 Å². The number of hydrogen-bond donors (Lipinski definition) is 0. The molecule has 19 heavy (non-hydrogen) atoms. The molecule has 0 aliphatic heterocycles. The monoisotopic (exact) mass is 262 g/mol. The van der Waals surface area contributed by atoms with Gasteiger partial charge in [0.15, 0.2) is 0 Å².